The fraction of sp³-hybridized carbons (Fsp3) is 0.300. The summed E-state index contributed by atoms with van der Waals surface area (Å²) in [6.07, 6.45) is 1.46. The van der Waals surface area contributed by atoms with Crippen molar-refractivity contribution in [2.45, 2.75) is 18.3 Å². The van der Waals surface area contributed by atoms with Crippen LogP contribution >= 0.6 is 0 Å². The molecule has 0 radical (unpaired) electrons. The first-order chi connectivity index (χ1) is 7.09. The minimum atomic E-state index is -0.647. The number of hydrogen-bond acceptors (Lipinski definition) is 4. The third kappa shape index (κ3) is 1.40. The zero-order valence-corrected chi connectivity index (χ0v) is 7.80. The molecular formula is C10H8N2O3. The van der Waals surface area contributed by atoms with Crippen molar-refractivity contribution >= 4 is 5.69 Å². The van der Waals surface area contributed by atoms with E-state index in [1.165, 1.54) is 12.1 Å². The first kappa shape index (κ1) is 9.46. The number of nitro groups is 1. The molecule has 1 aromatic rings. The van der Waals surface area contributed by atoms with Crippen molar-refractivity contribution < 1.29 is 10.0 Å². The monoisotopic (exact) mass is 204 g/mol. The molecule has 1 aromatic carbocycles. The van der Waals surface area contributed by atoms with E-state index in [4.69, 9.17) is 5.26 Å². The fourth-order valence-corrected chi connectivity index (χ4v) is 1.56. The van der Waals surface area contributed by atoms with Crippen LogP contribution in [0.2, 0.25) is 0 Å². The number of nitriles is 1. The maximum atomic E-state index is 10.6. The Labute approximate surface area is 85.7 Å². The molecule has 0 spiro atoms. The number of nitrogens with zero attached hydrogens (tertiary/aromatic N) is 2. The van der Waals surface area contributed by atoms with Crippen LogP contribution in [-0.2, 0) is 5.41 Å². The first-order valence-corrected chi connectivity index (χ1v) is 4.48. The van der Waals surface area contributed by atoms with E-state index in [1.807, 2.05) is 0 Å². The van der Waals surface area contributed by atoms with E-state index in [1.54, 1.807) is 6.07 Å². The summed E-state index contributed by atoms with van der Waals surface area (Å²) in [6, 6.07) is 6.27. The lowest BCUT2D eigenvalue weighted by molar-refractivity contribution is -0.385. The Morgan fingerprint density at radius 2 is 2.20 bits per heavy atom. The van der Waals surface area contributed by atoms with Gasteiger partial charge in [-0.1, -0.05) is 6.07 Å². The highest BCUT2D eigenvalue weighted by atomic mass is 16.6. The molecule has 1 saturated carbocycles. The van der Waals surface area contributed by atoms with Gasteiger partial charge in [0.15, 0.2) is 5.75 Å². The molecule has 0 saturated heterocycles. The lowest BCUT2D eigenvalue weighted by Gasteiger charge is -2.05. The zero-order valence-electron chi connectivity index (χ0n) is 7.80. The van der Waals surface area contributed by atoms with Gasteiger partial charge in [0.05, 0.1) is 16.4 Å². The Bertz CT molecular complexity index is 472. The van der Waals surface area contributed by atoms with Gasteiger partial charge in [0.2, 0.25) is 0 Å². The average Bonchev–Trinajstić information content (AvgIpc) is 2.99. The summed E-state index contributed by atoms with van der Waals surface area (Å²) in [7, 11) is 0. The van der Waals surface area contributed by atoms with Crippen LogP contribution in [0.1, 0.15) is 18.4 Å². The van der Waals surface area contributed by atoms with Crippen molar-refractivity contribution in [3.63, 3.8) is 0 Å². The normalized spacial score (nSPS) is 16.7. The number of aromatic hydroxyl groups is 1. The molecule has 0 amide bonds. The van der Waals surface area contributed by atoms with Gasteiger partial charge < -0.3 is 5.11 Å². The Kier molecular flexibility index (Phi) is 1.86. The van der Waals surface area contributed by atoms with Crippen LogP contribution in [0, 0.1) is 21.4 Å². The molecule has 0 heterocycles. The standard InChI is InChI=1S/C10H8N2O3/c11-6-10(3-4-10)7-1-2-9(13)8(5-7)12(14)15/h1-2,5,13H,3-4H2. The van der Waals surface area contributed by atoms with Gasteiger partial charge in [-0.05, 0) is 24.5 Å². The van der Waals surface area contributed by atoms with E-state index < -0.39 is 10.3 Å². The van der Waals surface area contributed by atoms with Crippen LogP contribution in [0.25, 0.3) is 0 Å². The lowest BCUT2D eigenvalue weighted by atomic mass is 9.97. The molecule has 0 bridgehead atoms. The Morgan fingerprint density at radius 3 is 2.67 bits per heavy atom. The van der Waals surface area contributed by atoms with E-state index in [0.717, 1.165) is 12.8 Å². The van der Waals surface area contributed by atoms with E-state index in [0.29, 0.717) is 5.56 Å². The van der Waals surface area contributed by atoms with E-state index in [2.05, 4.69) is 6.07 Å². The quantitative estimate of drug-likeness (QED) is 0.588. The van der Waals surface area contributed by atoms with Gasteiger partial charge in [-0.15, -0.1) is 0 Å². The topological polar surface area (TPSA) is 87.2 Å². The molecule has 1 aliphatic rings. The van der Waals surface area contributed by atoms with Gasteiger partial charge in [-0.25, -0.2) is 0 Å². The molecule has 2 rings (SSSR count). The molecule has 0 atom stereocenters. The number of benzene rings is 1. The molecule has 1 fully saturated rings. The Balaban J connectivity index is 2.49. The van der Waals surface area contributed by atoms with Crippen LogP contribution < -0.4 is 0 Å². The van der Waals surface area contributed by atoms with E-state index in [-0.39, 0.29) is 11.4 Å². The summed E-state index contributed by atoms with van der Waals surface area (Å²) >= 11 is 0. The molecule has 76 valence electrons. The van der Waals surface area contributed by atoms with Gasteiger partial charge in [-0.3, -0.25) is 10.1 Å². The minimum absolute atomic E-state index is 0.339. The smallest absolute Gasteiger partial charge is 0.311 e. The Hall–Kier alpha value is -2.09. The fourth-order valence-electron chi connectivity index (χ4n) is 1.56. The molecule has 5 nitrogen and oxygen atoms in total. The second kappa shape index (κ2) is 2.95. The largest absolute Gasteiger partial charge is 0.502 e. The van der Waals surface area contributed by atoms with E-state index >= 15 is 0 Å². The molecule has 1 N–H and O–H groups in total. The summed E-state index contributed by atoms with van der Waals surface area (Å²) in [5.41, 5.74) is -0.276. The first-order valence-electron chi connectivity index (χ1n) is 4.48. The Morgan fingerprint density at radius 1 is 1.53 bits per heavy atom. The second-order valence-electron chi connectivity index (χ2n) is 3.65. The molecule has 5 heteroatoms. The van der Waals surface area contributed by atoms with Crippen molar-refractivity contribution in [3.8, 4) is 11.8 Å². The van der Waals surface area contributed by atoms with Crippen LogP contribution in [0.4, 0.5) is 5.69 Å². The summed E-state index contributed by atoms with van der Waals surface area (Å²) in [5.74, 6) is -0.363. The van der Waals surface area contributed by atoms with Crippen LogP contribution in [-0.4, -0.2) is 10.0 Å². The highest BCUT2D eigenvalue weighted by Gasteiger charge is 2.45. The second-order valence-corrected chi connectivity index (χ2v) is 3.65. The third-order valence-corrected chi connectivity index (χ3v) is 2.69. The zero-order chi connectivity index (χ0) is 11.1. The van der Waals surface area contributed by atoms with Crippen molar-refractivity contribution in [2.75, 3.05) is 0 Å². The van der Waals surface area contributed by atoms with Crippen molar-refractivity contribution in [2.24, 2.45) is 0 Å². The molecule has 0 unspecified atom stereocenters. The summed E-state index contributed by atoms with van der Waals surface area (Å²) in [4.78, 5) is 9.93. The summed E-state index contributed by atoms with van der Waals surface area (Å²) in [5, 5.41) is 28.7. The SMILES string of the molecule is N#CC1(c2ccc(O)c([N+](=O)[O-])c2)CC1. The third-order valence-electron chi connectivity index (χ3n) is 2.69. The molecule has 0 aromatic heterocycles. The van der Waals surface area contributed by atoms with Gasteiger partial charge in [0.25, 0.3) is 0 Å². The number of nitro benzene ring substituents is 1. The maximum Gasteiger partial charge on any atom is 0.311 e. The molecule has 15 heavy (non-hydrogen) atoms. The molecule has 0 aliphatic heterocycles. The molecule has 1 aliphatic carbocycles. The number of phenols is 1. The molecular weight excluding hydrogens is 196 g/mol. The van der Waals surface area contributed by atoms with Crippen molar-refractivity contribution in [3.05, 3.63) is 33.9 Å². The van der Waals surface area contributed by atoms with Gasteiger partial charge >= 0.3 is 5.69 Å². The minimum Gasteiger partial charge on any atom is -0.502 e. The van der Waals surface area contributed by atoms with Crippen LogP contribution in [0.3, 0.4) is 0 Å². The summed E-state index contributed by atoms with van der Waals surface area (Å²) < 4.78 is 0. The lowest BCUT2D eigenvalue weighted by Crippen LogP contribution is -2.03. The van der Waals surface area contributed by atoms with Crippen LogP contribution in [0.15, 0.2) is 18.2 Å². The van der Waals surface area contributed by atoms with Crippen molar-refractivity contribution in [1.29, 1.82) is 5.26 Å². The van der Waals surface area contributed by atoms with E-state index in [9.17, 15) is 15.2 Å². The number of phenolic OH excluding ortho intramolecular Hbond substituents is 1. The highest BCUT2D eigenvalue weighted by Crippen LogP contribution is 2.48. The number of hydrogen-bond donors (Lipinski definition) is 1. The van der Waals surface area contributed by atoms with Crippen molar-refractivity contribution in [1.82, 2.24) is 0 Å². The van der Waals surface area contributed by atoms with Gasteiger partial charge in [-0.2, -0.15) is 5.26 Å². The van der Waals surface area contributed by atoms with Gasteiger partial charge in [0.1, 0.15) is 0 Å². The highest BCUT2D eigenvalue weighted by molar-refractivity contribution is 5.52. The predicted molar refractivity (Wildman–Crippen MR) is 51.3 cm³/mol. The summed E-state index contributed by atoms with van der Waals surface area (Å²) in [6.45, 7) is 0. The van der Waals surface area contributed by atoms with Crippen LogP contribution in [0.5, 0.6) is 5.75 Å². The average molecular weight is 204 g/mol. The predicted octanol–water partition coefficient (Wildman–Crippen LogP) is 1.86. The number of rotatable bonds is 2. The maximum absolute atomic E-state index is 10.6. The van der Waals surface area contributed by atoms with Gasteiger partial charge in [0, 0.05) is 6.07 Å².